The monoisotopic (exact) mass is 337 g/mol. The number of hydrogen-bond donors (Lipinski definition) is 0. The van der Waals surface area contributed by atoms with E-state index in [-0.39, 0.29) is 19.4 Å². The molecule has 0 fully saturated rings. The van der Waals surface area contributed by atoms with Crippen LogP contribution in [0.5, 0.6) is 11.5 Å². The average molecular weight is 337 g/mol. The lowest BCUT2D eigenvalue weighted by Gasteiger charge is -2.04. The Kier molecular flexibility index (Phi) is 3.85. The molecule has 0 saturated carbocycles. The molecule has 0 bridgehead atoms. The van der Waals surface area contributed by atoms with Crippen LogP contribution in [0.2, 0.25) is 0 Å². The van der Waals surface area contributed by atoms with Crippen LogP contribution in [0.4, 0.5) is 0 Å². The van der Waals surface area contributed by atoms with E-state index in [4.69, 9.17) is 18.7 Å². The van der Waals surface area contributed by atoms with Crippen molar-refractivity contribution < 1.29 is 23.5 Å². The largest absolute Gasteiger partial charge is 0.455 e. The van der Waals surface area contributed by atoms with Crippen LogP contribution in [0.15, 0.2) is 53.1 Å². The van der Waals surface area contributed by atoms with Crippen molar-refractivity contribution in [2.24, 2.45) is 0 Å². The number of rotatable bonds is 4. The summed E-state index contributed by atoms with van der Waals surface area (Å²) in [6.45, 7) is 2.13. The summed E-state index contributed by atoms with van der Waals surface area (Å²) >= 11 is 0. The van der Waals surface area contributed by atoms with Gasteiger partial charge in [0.2, 0.25) is 6.79 Å². The molecule has 0 aliphatic carbocycles. The fourth-order valence-electron chi connectivity index (χ4n) is 2.58. The summed E-state index contributed by atoms with van der Waals surface area (Å²) < 4.78 is 21.3. The van der Waals surface area contributed by atoms with Gasteiger partial charge in [-0.05, 0) is 36.8 Å². The van der Waals surface area contributed by atoms with E-state index in [1.807, 2.05) is 37.3 Å². The molecule has 1 aromatic heterocycles. The lowest BCUT2D eigenvalue weighted by atomic mass is 10.1. The molecule has 1 aliphatic heterocycles. The molecule has 1 aliphatic rings. The summed E-state index contributed by atoms with van der Waals surface area (Å²) in [5, 5.41) is 3.95. The molecule has 2 aromatic carbocycles. The van der Waals surface area contributed by atoms with Crippen molar-refractivity contribution in [3.05, 3.63) is 65.4 Å². The molecule has 2 heterocycles. The summed E-state index contributed by atoms with van der Waals surface area (Å²) in [5.74, 6) is 1.56. The molecule has 0 unspecified atom stereocenters. The molecule has 0 N–H and O–H groups in total. The van der Waals surface area contributed by atoms with Gasteiger partial charge in [0.25, 0.3) is 0 Å². The molecule has 0 atom stereocenters. The van der Waals surface area contributed by atoms with Crippen LogP contribution in [-0.4, -0.2) is 17.9 Å². The first-order valence-electron chi connectivity index (χ1n) is 7.79. The third-order valence-electron chi connectivity index (χ3n) is 3.93. The topological polar surface area (TPSA) is 70.8 Å². The Bertz CT molecular complexity index is 931. The molecule has 0 amide bonds. The molecule has 126 valence electrons. The van der Waals surface area contributed by atoms with Gasteiger partial charge in [-0.2, -0.15) is 0 Å². The second-order valence-electron chi connectivity index (χ2n) is 5.64. The number of benzene rings is 2. The van der Waals surface area contributed by atoms with E-state index in [1.54, 1.807) is 18.2 Å². The fourth-order valence-corrected chi connectivity index (χ4v) is 2.58. The van der Waals surface area contributed by atoms with Crippen molar-refractivity contribution in [1.29, 1.82) is 0 Å². The summed E-state index contributed by atoms with van der Waals surface area (Å²) in [4.78, 5) is 12.1. The lowest BCUT2D eigenvalue weighted by Crippen LogP contribution is -2.07. The van der Waals surface area contributed by atoms with Crippen molar-refractivity contribution in [3.63, 3.8) is 0 Å². The Morgan fingerprint density at radius 1 is 1.12 bits per heavy atom. The van der Waals surface area contributed by atoms with Gasteiger partial charge in [0.1, 0.15) is 12.3 Å². The van der Waals surface area contributed by atoms with Crippen LogP contribution in [0, 0.1) is 6.92 Å². The highest BCUT2D eigenvalue weighted by Crippen LogP contribution is 2.36. The van der Waals surface area contributed by atoms with Crippen LogP contribution < -0.4 is 9.47 Å². The van der Waals surface area contributed by atoms with Gasteiger partial charge in [-0.25, -0.2) is 4.79 Å². The molecule has 25 heavy (non-hydrogen) atoms. The van der Waals surface area contributed by atoms with Gasteiger partial charge in [-0.1, -0.05) is 23.4 Å². The van der Waals surface area contributed by atoms with Crippen LogP contribution in [0.3, 0.4) is 0 Å². The summed E-state index contributed by atoms with van der Waals surface area (Å²) in [6.07, 6.45) is 0. The average Bonchev–Trinajstić information content (AvgIpc) is 3.28. The maximum absolute atomic E-state index is 12.1. The minimum absolute atomic E-state index is 0.0429. The second-order valence-corrected chi connectivity index (χ2v) is 5.64. The highest BCUT2D eigenvalue weighted by Gasteiger charge is 2.17. The number of carbonyl (C=O) groups excluding carboxylic acids is 1. The first-order chi connectivity index (χ1) is 12.2. The quantitative estimate of drug-likeness (QED) is 0.676. The van der Waals surface area contributed by atoms with Crippen molar-refractivity contribution in [1.82, 2.24) is 5.16 Å². The smallest absolute Gasteiger partial charge is 0.338 e. The number of aryl methyl sites for hydroxylation is 1. The predicted molar refractivity (Wildman–Crippen MR) is 88.4 cm³/mol. The van der Waals surface area contributed by atoms with E-state index < -0.39 is 0 Å². The normalized spacial score (nSPS) is 12.2. The van der Waals surface area contributed by atoms with Gasteiger partial charge in [0.15, 0.2) is 17.3 Å². The first-order valence-corrected chi connectivity index (χ1v) is 7.79. The number of carbonyl (C=O) groups is 1. The molecular weight excluding hydrogens is 322 g/mol. The summed E-state index contributed by atoms with van der Waals surface area (Å²) in [6, 6.07) is 14.5. The Morgan fingerprint density at radius 2 is 1.96 bits per heavy atom. The van der Waals surface area contributed by atoms with Crippen molar-refractivity contribution >= 4 is 5.97 Å². The molecular formula is C19H15NO5. The highest BCUT2D eigenvalue weighted by atomic mass is 16.7. The Balaban J connectivity index is 1.45. The molecule has 6 heteroatoms. The molecule has 4 rings (SSSR count). The molecule has 6 nitrogen and oxygen atoms in total. The van der Waals surface area contributed by atoms with Gasteiger partial charge in [-0.15, -0.1) is 0 Å². The minimum atomic E-state index is -0.384. The minimum Gasteiger partial charge on any atom is -0.455 e. The van der Waals surface area contributed by atoms with Crippen molar-refractivity contribution in [3.8, 4) is 22.8 Å². The molecule has 0 saturated heterocycles. The molecule has 0 spiro atoms. The SMILES string of the molecule is Cc1ccccc1C(=O)OCc1cc(-c2ccc3c(c2)OCO3)on1. The van der Waals surface area contributed by atoms with Crippen LogP contribution in [0.25, 0.3) is 11.3 Å². The first kappa shape index (κ1) is 15.3. The van der Waals surface area contributed by atoms with E-state index >= 15 is 0 Å². The predicted octanol–water partition coefficient (Wildman–Crippen LogP) is 3.74. The summed E-state index contributed by atoms with van der Waals surface area (Å²) in [5.41, 5.74) is 2.76. The third kappa shape index (κ3) is 3.06. The Hall–Kier alpha value is -3.28. The maximum atomic E-state index is 12.1. The number of hydrogen-bond acceptors (Lipinski definition) is 6. The maximum Gasteiger partial charge on any atom is 0.338 e. The van der Waals surface area contributed by atoms with Gasteiger partial charge in [0.05, 0.1) is 5.56 Å². The second kappa shape index (κ2) is 6.32. The number of ether oxygens (including phenoxy) is 3. The van der Waals surface area contributed by atoms with Gasteiger partial charge in [0, 0.05) is 11.6 Å². The fraction of sp³-hybridized carbons (Fsp3) is 0.158. The van der Waals surface area contributed by atoms with Gasteiger partial charge >= 0.3 is 5.97 Å². The van der Waals surface area contributed by atoms with E-state index in [9.17, 15) is 4.79 Å². The Labute approximate surface area is 143 Å². The zero-order chi connectivity index (χ0) is 17.2. The van der Waals surface area contributed by atoms with E-state index in [1.165, 1.54) is 0 Å². The lowest BCUT2D eigenvalue weighted by molar-refractivity contribution is 0.0463. The molecule has 3 aromatic rings. The molecule has 0 radical (unpaired) electrons. The number of aromatic nitrogens is 1. The van der Waals surface area contributed by atoms with Gasteiger partial charge < -0.3 is 18.7 Å². The zero-order valence-electron chi connectivity index (χ0n) is 13.5. The van der Waals surface area contributed by atoms with E-state index in [2.05, 4.69) is 5.16 Å². The Morgan fingerprint density at radius 3 is 2.84 bits per heavy atom. The van der Waals surface area contributed by atoms with E-state index in [0.29, 0.717) is 28.5 Å². The van der Waals surface area contributed by atoms with Crippen LogP contribution in [0.1, 0.15) is 21.6 Å². The van der Waals surface area contributed by atoms with E-state index in [0.717, 1.165) is 11.1 Å². The number of nitrogens with zero attached hydrogens (tertiary/aromatic N) is 1. The summed E-state index contributed by atoms with van der Waals surface area (Å²) in [7, 11) is 0. The third-order valence-corrected chi connectivity index (χ3v) is 3.93. The zero-order valence-corrected chi connectivity index (χ0v) is 13.5. The van der Waals surface area contributed by atoms with Crippen molar-refractivity contribution in [2.45, 2.75) is 13.5 Å². The standard InChI is InChI=1S/C19H15NO5/c1-12-4-2-3-5-15(12)19(21)22-10-14-9-17(25-20-14)13-6-7-16-18(8-13)24-11-23-16/h2-9H,10-11H2,1H3. The van der Waals surface area contributed by atoms with Crippen molar-refractivity contribution in [2.75, 3.05) is 6.79 Å². The highest BCUT2D eigenvalue weighted by molar-refractivity contribution is 5.90. The number of esters is 1. The van der Waals surface area contributed by atoms with Crippen LogP contribution in [-0.2, 0) is 11.3 Å². The van der Waals surface area contributed by atoms with Gasteiger partial charge in [-0.3, -0.25) is 0 Å². The van der Waals surface area contributed by atoms with Crippen LogP contribution >= 0.6 is 0 Å². The number of fused-ring (bicyclic) bond motifs is 1.